The molecule has 0 aliphatic heterocycles. The van der Waals surface area contributed by atoms with Crippen LogP contribution in [0.15, 0.2) is 49.3 Å². The lowest BCUT2D eigenvalue weighted by atomic mass is 10.1. The van der Waals surface area contributed by atoms with Gasteiger partial charge in [-0.05, 0) is 36.4 Å². The van der Waals surface area contributed by atoms with Crippen LogP contribution in [0.25, 0.3) is 16.7 Å². The average Bonchev–Trinajstić information content (AvgIpc) is 3.12. The molecule has 0 aliphatic rings. The summed E-state index contributed by atoms with van der Waals surface area (Å²) in [5.74, 6) is 0.924. The van der Waals surface area contributed by atoms with Crippen LogP contribution in [-0.4, -0.2) is 30.1 Å². The Kier molecular flexibility index (Phi) is 4.56. The summed E-state index contributed by atoms with van der Waals surface area (Å²) in [6, 6.07) is 10.6. The van der Waals surface area contributed by atoms with Gasteiger partial charge in [0.1, 0.15) is 0 Å². The predicted molar refractivity (Wildman–Crippen MR) is 95.3 cm³/mol. The minimum atomic E-state index is -0.280. The zero-order chi connectivity index (χ0) is 17.8. The van der Waals surface area contributed by atoms with Gasteiger partial charge in [0, 0.05) is 11.1 Å². The monoisotopic (exact) mass is 338 g/mol. The number of nitrogens with zero attached hydrogens (tertiary/aromatic N) is 1. The number of carbonyl (C=O) groups excluding carboxylic acids is 1. The Morgan fingerprint density at radius 3 is 2.56 bits per heavy atom. The molecule has 0 saturated heterocycles. The quantitative estimate of drug-likeness (QED) is 0.601. The molecule has 1 heterocycles. The van der Waals surface area contributed by atoms with Gasteiger partial charge in [0.15, 0.2) is 11.5 Å². The molecule has 3 rings (SSSR count). The van der Waals surface area contributed by atoms with E-state index in [9.17, 15) is 4.79 Å². The summed E-state index contributed by atoms with van der Waals surface area (Å²) in [7, 11) is 3.13. The largest absolute Gasteiger partial charge is 0.493 e. The first-order valence-corrected chi connectivity index (χ1v) is 7.53. The van der Waals surface area contributed by atoms with Crippen LogP contribution >= 0.6 is 0 Å². The number of hydrazine groups is 1. The molecule has 0 bridgehead atoms. The minimum Gasteiger partial charge on any atom is -0.493 e. The maximum atomic E-state index is 12.3. The van der Waals surface area contributed by atoms with E-state index in [4.69, 9.17) is 9.47 Å². The lowest BCUT2D eigenvalue weighted by molar-refractivity contribution is 0.0942. The Bertz CT molecular complexity index is 933. The molecule has 0 saturated carbocycles. The zero-order valence-electron chi connectivity index (χ0n) is 13.9. The highest BCUT2D eigenvalue weighted by Crippen LogP contribution is 2.29. The second-order valence-electron chi connectivity index (χ2n) is 5.26. The van der Waals surface area contributed by atoms with Crippen molar-refractivity contribution in [1.82, 2.24) is 20.8 Å². The smallest absolute Gasteiger partial charge is 0.269 e. The number of H-pyrrole nitrogens is 1. The molecule has 0 fully saturated rings. The van der Waals surface area contributed by atoms with Crippen LogP contribution < -0.4 is 20.3 Å². The van der Waals surface area contributed by atoms with E-state index in [-0.39, 0.29) is 5.91 Å². The summed E-state index contributed by atoms with van der Waals surface area (Å²) in [6.07, 6.45) is 1.59. The van der Waals surface area contributed by atoms with E-state index in [0.717, 1.165) is 16.6 Å². The van der Waals surface area contributed by atoms with Crippen LogP contribution in [0.3, 0.4) is 0 Å². The number of nitrogens with one attached hydrogen (secondary N) is 3. The molecule has 128 valence electrons. The SMILES string of the molecule is C=C(NNC(=O)c1ccc2nc[nH]c2c1)c1ccc(OC)c(OC)c1. The van der Waals surface area contributed by atoms with E-state index in [2.05, 4.69) is 27.4 Å². The van der Waals surface area contributed by atoms with E-state index in [1.54, 1.807) is 50.9 Å². The second kappa shape index (κ2) is 6.96. The van der Waals surface area contributed by atoms with Crippen molar-refractivity contribution in [3.8, 4) is 11.5 Å². The van der Waals surface area contributed by atoms with Gasteiger partial charge in [-0.3, -0.25) is 15.6 Å². The van der Waals surface area contributed by atoms with Crippen molar-refractivity contribution in [2.45, 2.75) is 0 Å². The molecule has 3 aromatic rings. The minimum absolute atomic E-state index is 0.280. The molecular formula is C18H18N4O3. The van der Waals surface area contributed by atoms with Gasteiger partial charge < -0.3 is 14.5 Å². The molecule has 25 heavy (non-hydrogen) atoms. The number of ether oxygens (including phenoxy) is 2. The molecule has 1 amide bonds. The fourth-order valence-electron chi connectivity index (χ4n) is 2.38. The molecule has 1 aromatic heterocycles. The summed E-state index contributed by atoms with van der Waals surface area (Å²) in [5.41, 5.74) is 8.83. The molecule has 0 aliphatic carbocycles. The van der Waals surface area contributed by atoms with Gasteiger partial charge >= 0.3 is 0 Å². The average molecular weight is 338 g/mol. The molecule has 0 radical (unpaired) electrons. The molecular weight excluding hydrogens is 320 g/mol. The maximum Gasteiger partial charge on any atom is 0.269 e. The van der Waals surface area contributed by atoms with Crippen molar-refractivity contribution >= 4 is 22.6 Å². The Morgan fingerprint density at radius 1 is 1.04 bits per heavy atom. The number of hydrogen-bond acceptors (Lipinski definition) is 5. The van der Waals surface area contributed by atoms with Crippen molar-refractivity contribution in [2.75, 3.05) is 14.2 Å². The Balaban J connectivity index is 1.68. The predicted octanol–water partition coefficient (Wildman–Crippen LogP) is 2.49. The third kappa shape index (κ3) is 3.40. The number of aromatic nitrogens is 2. The number of benzene rings is 2. The van der Waals surface area contributed by atoms with Gasteiger partial charge in [0.05, 0.1) is 37.3 Å². The van der Waals surface area contributed by atoms with Gasteiger partial charge in [0.25, 0.3) is 5.91 Å². The van der Waals surface area contributed by atoms with E-state index in [0.29, 0.717) is 22.8 Å². The van der Waals surface area contributed by atoms with Gasteiger partial charge in [0.2, 0.25) is 0 Å². The fraction of sp³-hybridized carbons (Fsp3) is 0.111. The van der Waals surface area contributed by atoms with E-state index >= 15 is 0 Å². The Morgan fingerprint density at radius 2 is 1.80 bits per heavy atom. The molecule has 0 atom stereocenters. The van der Waals surface area contributed by atoms with Crippen LogP contribution in [0.2, 0.25) is 0 Å². The fourth-order valence-corrected chi connectivity index (χ4v) is 2.38. The zero-order valence-corrected chi connectivity index (χ0v) is 13.9. The van der Waals surface area contributed by atoms with Crippen LogP contribution in [0, 0.1) is 0 Å². The molecule has 3 N–H and O–H groups in total. The number of aromatic amines is 1. The number of amides is 1. The number of methoxy groups -OCH3 is 2. The normalized spacial score (nSPS) is 10.3. The number of fused-ring (bicyclic) bond motifs is 1. The molecule has 2 aromatic carbocycles. The van der Waals surface area contributed by atoms with Crippen molar-refractivity contribution in [2.24, 2.45) is 0 Å². The standard InChI is InChI=1S/C18H18N4O3/c1-11(12-5-7-16(24-2)17(9-12)25-3)21-22-18(23)13-4-6-14-15(8-13)20-10-19-14/h4-10,21H,1H2,2-3H3,(H,19,20)(H,22,23). The maximum absolute atomic E-state index is 12.3. The highest BCUT2D eigenvalue weighted by atomic mass is 16.5. The van der Waals surface area contributed by atoms with Crippen LogP contribution in [0.1, 0.15) is 15.9 Å². The summed E-state index contributed by atoms with van der Waals surface area (Å²) in [4.78, 5) is 19.4. The highest BCUT2D eigenvalue weighted by Gasteiger charge is 2.10. The first kappa shape index (κ1) is 16.4. The lowest BCUT2D eigenvalue weighted by Gasteiger charge is -2.13. The van der Waals surface area contributed by atoms with E-state index in [1.165, 1.54) is 0 Å². The Labute approximate surface area is 144 Å². The van der Waals surface area contributed by atoms with Crippen LogP contribution in [0.4, 0.5) is 0 Å². The van der Waals surface area contributed by atoms with E-state index < -0.39 is 0 Å². The number of rotatable bonds is 6. The van der Waals surface area contributed by atoms with Gasteiger partial charge in [-0.1, -0.05) is 6.58 Å². The molecule has 0 spiro atoms. The molecule has 0 unspecified atom stereocenters. The first-order valence-electron chi connectivity index (χ1n) is 7.53. The van der Waals surface area contributed by atoms with Gasteiger partial charge in [-0.25, -0.2) is 4.98 Å². The van der Waals surface area contributed by atoms with E-state index in [1.807, 2.05) is 6.07 Å². The first-order chi connectivity index (χ1) is 12.1. The van der Waals surface area contributed by atoms with Crippen molar-refractivity contribution in [3.05, 3.63) is 60.4 Å². The summed E-state index contributed by atoms with van der Waals surface area (Å²) < 4.78 is 10.5. The van der Waals surface area contributed by atoms with Gasteiger partial charge in [-0.2, -0.15) is 0 Å². The van der Waals surface area contributed by atoms with Crippen molar-refractivity contribution < 1.29 is 14.3 Å². The summed E-state index contributed by atoms with van der Waals surface area (Å²) >= 11 is 0. The molecule has 7 nitrogen and oxygen atoms in total. The lowest BCUT2D eigenvalue weighted by Crippen LogP contribution is -2.35. The van der Waals surface area contributed by atoms with Crippen molar-refractivity contribution in [3.63, 3.8) is 0 Å². The highest BCUT2D eigenvalue weighted by molar-refractivity contribution is 5.97. The second-order valence-corrected chi connectivity index (χ2v) is 5.26. The number of hydrogen-bond donors (Lipinski definition) is 3. The van der Waals surface area contributed by atoms with Crippen LogP contribution in [-0.2, 0) is 0 Å². The van der Waals surface area contributed by atoms with Crippen LogP contribution in [0.5, 0.6) is 11.5 Å². The third-order valence-corrected chi connectivity index (χ3v) is 3.74. The number of carbonyl (C=O) groups is 1. The Hall–Kier alpha value is -3.48. The molecule has 7 heteroatoms. The van der Waals surface area contributed by atoms with Crippen molar-refractivity contribution in [1.29, 1.82) is 0 Å². The number of imidazole rings is 1. The topological polar surface area (TPSA) is 88.3 Å². The third-order valence-electron chi connectivity index (χ3n) is 3.74. The summed E-state index contributed by atoms with van der Waals surface area (Å²) in [5, 5.41) is 0. The van der Waals surface area contributed by atoms with Gasteiger partial charge in [-0.15, -0.1) is 0 Å². The summed E-state index contributed by atoms with van der Waals surface area (Å²) in [6.45, 7) is 3.92.